The Kier molecular flexibility index (Phi) is 12.6. The summed E-state index contributed by atoms with van der Waals surface area (Å²) in [7, 11) is 1.68. The maximum absolute atomic E-state index is 12.1. The van der Waals surface area contributed by atoms with Gasteiger partial charge in [-0.2, -0.15) is 0 Å². The van der Waals surface area contributed by atoms with Crippen LogP contribution in [0.25, 0.3) is 5.57 Å². The Morgan fingerprint density at radius 3 is 2.20 bits per heavy atom. The topological polar surface area (TPSA) is 38.3 Å². The summed E-state index contributed by atoms with van der Waals surface area (Å²) in [5.74, 6) is 0.922. The Bertz CT molecular complexity index is 543. The smallest absolute Gasteiger partial charge is 0.224 e. The normalized spacial score (nSPS) is 9.72. The quantitative estimate of drug-likeness (QED) is 0.648. The van der Waals surface area contributed by atoms with Crippen LogP contribution in [0.1, 0.15) is 78.4 Å². The molecule has 0 radical (unpaired) electrons. The summed E-state index contributed by atoms with van der Waals surface area (Å²) >= 11 is 0. The van der Waals surface area contributed by atoms with Crippen molar-refractivity contribution < 1.29 is 9.53 Å². The molecule has 0 fully saturated rings. The van der Waals surface area contributed by atoms with Gasteiger partial charge in [-0.05, 0) is 55.5 Å². The molecule has 0 atom stereocenters. The van der Waals surface area contributed by atoms with Crippen LogP contribution in [-0.2, 0) is 11.2 Å². The minimum absolute atomic E-state index is 0.0864. The van der Waals surface area contributed by atoms with Crippen LogP contribution in [0.3, 0.4) is 0 Å². The van der Waals surface area contributed by atoms with Gasteiger partial charge in [-0.1, -0.05) is 52.2 Å². The van der Waals surface area contributed by atoms with E-state index in [0.29, 0.717) is 6.42 Å². The van der Waals surface area contributed by atoms with Crippen molar-refractivity contribution in [2.45, 2.75) is 73.6 Å². The molecule has 1 aromatic rings. The molecule has 0 heterocycles. The van der Waals surface area contributed by atoms with E-state index in [-0.39, 0.29) is 5.91 Å². The lowest BCUT2D eigenvalue weighted by molar-refractivity contribution is -0.120. The number of nitrogens with one attached hydrogen (secondary N) is 1. The molecule has 1 rings (SSSR count). The van der Waals surface area contributed by atoms with Gasteiger partial charge in [0.1, 0.15) is 5.75 Å². The molecular formula is C22H37NO2. The number of rotatable bonds is 8. The number of methoxy groups -OCH3 is 1. The monoisotopic (exact) mass is 347 g/mol. The number of hydrogen-bond donors (Lipinski definition) is 1. The molecule has 25 heavy (non-hydrogen) atoms. The zero-order chi connectivity index (χ0) is 19.2. The molecule has 0 aromatic heterocycles. The van der Waals surface area contributed by atoms with Gasteiger partial charge in [0, 0.05) is 6.54 Å². The lowest BCUT2D eigenvalue weighted by atomic mass is 9.91. The first kappa shape index (κ1) is 23.2. The van der Waals surface area contributed by atoms with E-state index in [9.17, 15) is 4.79 Å². The molecular weight excluding hydrogens is 310 g/mol. The van der Waals surface area contributed by atoms with Gasteiger partial charge in [0.25, 0.3) is 0 Å². The molecule has 0 saturated carbocycles. The molecule has 0 aliphatic heterocycles. The van der Waals surface area contributed by atoms with Crippen LogP contribution in [0.5, 0.6) is 5.75 Å². The molecule has 0 saturated heterocycles. The first-order valence-corrected chi connectivity index (χ1v) is 9.55. The third kappa shape index (κ3) is 8.76. The molecule has 0 spiro atoms. The molecule has 0 aliphatic rings. The van der Waals surface area contributed by atoms with E-state index in [1.165, 1.54) is 17.6 Å². The maximum Gasteiger partial charge on any atom is 0.224 e. The highest BCUT2D eigenvalue weighted by Crippen LogP contribution is 2.30. The van der Waals surface area contributed by atoms with E-state index >= 15 is 0 Å². The summed E-state index contributed by atoms with van der Waals surface area (Å²) in [5, 5.41) is 2.96. The predicted octanol–water partition coefficient (Wildman–Crippen LogP) is 5.77. The number of amides is 1. The lowest BCUT2D eigenvalue weighted by Crippen LogP contribution is -2.24. The fourth-order valence-electron chi connectivity index (χ4n) is 2.48. The molecule has 0 unspecified atom stereocenters. The molecule has 0 bridgehead atoms. The van der Waals surface area contributed by atoms with E-state index in [2.05, 4.69) is 59.0 Å². The van der Waals surface area contributed by atoms with Crippen LogP contribution in [-0.4, -0.2) is 19.6 Å². The van der Waals surface area contributed by atoms with Gasteiger partial charge < -0.3 is 10.1 Å². The van der Waals surface area contributed by atoms with Crippen molar-refractivity contribution in [1.82, 2.24) is 5.32 Å². The number of carbonyl (C=O) groups excluding carboxylic acids is 1. The second-order valence-corrected chi connectivity index (χ2v) is 6.49. The van der Waals surface area contributed by atoms with Crippen LogP contribution in [0, 0.1) is 0 Å². The van der Waals surface area contributed by atoms with Crippen LogP contribution < -0.4 is 10.1 Å². The third-order valence-electron chi connectivity index (χ3n) is 3.67. The van der Waals surface area contributed by atoms with Gasteiger partial charge in [-0.25, -0.2) is 0 Å². The van der Waals surface area contributed by atoms with Crippen LogP contribution in [0.4, 0.5) is 0 Å². The van der Waals surface area contributed by atoms with E-state index < -0.39 is 0 Å². The number of ether oxygens (including phenoxy) is 1. The summed E-state index contributed by atoms with van der Waals surface area (Å²) in [6, 6.07) is 6.17. The van der Waals surface area contributed by atoms with Crippen molar-refractivity contribution in [1.29, 1.82) is 0 Å². The third-order valence-corrected chi connectivity index (χ3v) is 3.67. The Labute approximate surface area is 154 Å². The Balaban J connectivity index is 0.00000178. The maximum atomic E-state index is 12.1. The van der Waals surface area contributed by atoms with Gasteiger partial charge in [0.2, 0.25) is 5.91 Å². The van der Waals surface area contributed by atoms with Crippen LogP contribution in [0.15, 0.2) is 23.8 Å². The number of hydrogen-bond acceptors (Lipinski definition) is 2. The Morgan fingerprint density at radius 2 is 1.72 bits per heavy atom. The SMILES string of the molecule is CCC.CCCNC(=O)CC(=C(C)C)c1cc(OC)ccc1CCC. The van der Waals surface area contributed by atoms with Crippen molar-refractivity contribution in [2.24, 2.45) is 0 Å². The average molecular weight is 348 g/mol. The Hall–Kier alpha value is -1.77. The van der Waals surface area contributed by atoms with Crippen LogP contribution >= 0.6 is 0 Å². The summed E-state index contributed by atoms with van der Waals surface area (Å²) in [6.07, 6.45) is 4.71. The summed E-state index contributed by atoms with van der Waals surface area (Å²) in [6.45, 7) is 13.3. The fraction of sp³-hybridized carbons (Fsp3) is 0.591. The number of aryl methyl sites for hydroxylation is 1. The number of benzene rings is 1. The van der Waals surface area contributed by atoms with Crippen LogP contribution in [0.2, 0.25) is 0 Å². The van der Waals surface area contributed by atoms with E-state index in [0.717, 1.165) is 42.7 Å². The average Bonchev–Trinajstić information content (AvgIpc) is 2.59. The predicted molar refractivity (Wildman–Crippen MR) is 109 cm³/mol. The van der Waals surface area contributed by atoms with Crippen molar-refractivity contribution >= 4 is 11.5 Å². The zero-order valence-corrected chi connectivity index (χ0v) is 17.3. The largest absolute Gasteiger partial charge is 0.497 e. The number of carbonyl (C=O) groups is 1. The standard InChI is InChI=1S/C19H29NO2.C3H8/c1-6-8-15-9-10-16(22-5)12-18(15)17(14(3)4)13-19(21)20-11-7-2;1-3-2/h9-10,12H,6-8,11,13H2,1-5H3,(H,20,21);3H2,1-2H3. The van der Waals surface area contributed by atoms with E-state index in [1.54, 1.807) is 7.11 Å². The Morgan fingerprint density at radius 1 is 1.08 bits per heavy atom. The number of allylic oxidation sites excluding steroid dienone is 1. The van der Waals surface area contributed by atoms with Crippen molar-refractivity contribution in [2.75, 3.05) is 13.7 Å². The highest BCUT2D eigenvalue weighted by Gasteiger charge is 2.14. The van der Waals surface area contributed by atoms with Gasteiger partial charge in [0.15, 0.2) is 0 Å². The zero-order valence-electron chi connectivity index (χ0n) is 17.3. The molecule has 3 nitrogen and oxygen atoms in total. The summed E-state index contributed by atoms with van der Waals surface area (Å²) in [4.78, 5) is 12.1. The molecule has 142 valence electrons. The molecule has 1 aromatic carbocycles. The van der Waals surface area contributed by atoms with Crippen molar-refractivity contribution in [3.8, 4) is 5.75 Å². The highest BCUT2D eigenvalue weighted by atomic mass is 16.5. The van der Waals surface area contributed by atoms with Crippen molar-refractivity contribution in [3.05, 3.63) is 34.9 Å². The summed E-state index contributed by atoms with van der Waals surface area (Å²) < 4.78 is 5.36. The molecule has 0 aliphatic carbocycles. The molecule has 1 amide bonds. The van der Waals surface area contributed by atoms with E-state index in [1.807, 2.05) is 6.07 Å². The fourth-order valence-corrected chi connectivity index (χ4v) is 2.48. The summed E-state index contributed by atoms with van der Waals surface area (Å²) in [5.41, 5.74) is 4.71. The van der Waals surface area contributed by atoms with Gasteiger partial charge in [0.05, 0.1) is 13.5 Å². The first-order chi connectivity index (χ1) is 11.9. The van der Waals surface area contributed by atoms with Gasteiger partial charge in [-0.15, -0.1) is 0 Å². The minimum Gasteiger partial charge on any atom is -0.497 e. The van der Waals surface area contributed by atoms with Gasteiger partial charge >= 0.3 is 0 Å². The first-order valence-electron chi connectivity index (χ1n) is 9.55. The molecule has 3 heteroatoms. The lowest BCUT2D eigenvalue weighted by Gasteiger charge is -2.16. The second-order valence-electron chi connectivity index (χ2n) is 6.49. The molecule has 1 N–H and O–H groups in total. The minimum atomic E-state index is 0.0864. The van der Waals surface area contributed by atoms with Gasteiger partial charge in [-0.3, -0.25) is 4.79 Å². The van der Waals surface area contributed by atoms with Crippen molar-refractivity contribution in [3.63, 3.8) is 0 Å². The highest BCUT2D eigenvalue weighted by molar-refractivity contribution is 5.90. The van der Waals surface area contributed by atoms with E-state index in [4.69, 9.17) is 4.74 Å². The second kappa shape index (κ2) is 13.5.